The average molecular weight is 249 g/mol. The maximum atomic E-state index is 5.70. The van der Waals surface area contributed by atoms with Crippen molar-refractivity contribution < 1.29 is 0 Å². The van der Waals surface area contributed by atoms with Gasteiger partial charge in [0.05, 0.1) is 11.2 Å². The van der Waals surface area contributed by atoms with Gasteiger partial charge in [-0.25, -0.2) is 0 Å². The van der Waals surface area contributed by atoms with Crippen LogP contribution in [0.1, 0.15) is 5.56 Å². The number of para-hydroxylation sites is 1. The summed E-state index contributed by atoms with van der Waals surface area (Å²) in [6.07, 6.45) is 4.54. The molecule has 0 aliphatic carbocycles. The van der Waals surface area contributed by atoms with Crippen molar-refractivity contribution >= 4 is 10.9 Å². The standard InChI is InChI=1S/C16H15N3/c17-9-8-12-11-19-14-6-2-1-5-13(14)16(12)15-7-3-4-10-18-15/h1-7,10-11H,8-9,17H2. The average Bonchev–Trinajstić information content (AvgIpc) is 2.48. The van der Waals surface area contributed by atoms with Crippen molar-refractivity contribution in [3.8, 4) is 11.3 Å². The lowest BCUT2D eigenvalue weighted by molar-refractivity contribution is 0.963. The Hall–Kier alpha value is -2.26. The number of pyridine rings is 2. The SMILES string of the molecule is NCCc1cnc2ccccc2c1-c1ccccn1. The van der Waals surface area contributed by atoms with Gasteiger partial charge in [0.2, 0.25) is 0 Å². The van der Waals surface area contributed by atoms with Gasteiger partial charge in [-0.2, -0.15) is 0 Å². The van der Waals surface area contributed by atoms with Gasteiger partial charge in [-0.1, -0.05) is 24.3 Å². The van der Waals surface area contributed by atoms with Crippen molar-refractivity contribution in [3.63, 3.8) is 0 Å². The van der Waals surface area contributed by atoms with E-state index >= 15 is 0 Å². The van der Waals surface area contributed by atoms with E-state index in [0.717, 1.165) is 34.1 Å². The molecule has 19 heavy (non-hydrogen) atoms. The number of benzene rings is 1. The summed E-state index contributed by atoms with van der Waals surface area (Å²) in [7, 11) is 0. The van der Waals surface area contributed by atoms with Crippen LogP contribution in [0, 0.1) is 0 Å². The molecule has 3 nitrogen and oxygen atoms in total. The van der Waals surface area contributed by atoms with E-state index in [1.54, 1.807) is 0 Å². The van der Waals surface area contributed by atoms with Crippen molar-refractivity contribution in [2.75, 3.05) is 6.54 Å². The highest BCUT2D eigenvalue weighted by molar-refractivity contribution is 5.95. The zero-order valence-corrected chi connectivity index (χ0v) is 10.6. The van der Waals surface area contributed by atoms with E-state index in [1.165, 1.54) is 0 Å². The van der Waals surface area contributed by atoms with Crippen LogP contribution in [0.2, 0.25) is 0 Å². The first-order valence-corrected chi connectivity index (χ1v) is 6.38. The monoisotopic (exact) mass is 249 g/mol. The Kier molecular flexibility index (Phi) is 3.21. The molecule has 2 heterocycles. The predicted molar refractivity (Wildman–Crippen MR) is 77.7 cm³/mol. The van der Waals surface area contributed by atoms with Crippen molar-refractivity contribution in [2.24, 2.45) is 5.73 Å². The third-order valence-corrected chi connectivity index (χ3v) is 3.19. The Labute approximate surface area is 112 Å². The first-order chi connectivity index (χ1) is 9.40. The summed E-state index contributed by atoms with van der Waals surface area (Å²) in [4.78, 5) is 8.98. The summed E-state index contributed by atoms with van der Waals surface area (Å²) < 4.78 is 0. The maximum absolute atomic E-state index is 5.70. The summed E-state index contributed by atoms with van der Waals surface area (Å²) in [6, 6.07) is 14.1. The van der Waals surface area contributed by atoms with Gasteiger partial charge in [0.15, 0.2) is 0 Å². The number of rotatable bonds is 3. The van der Waals surface area contributed by atoms with Crippen molar-refractivity contribution in [1.29, 1.82) is 0 Å². The van der Waals surface area contributed by atoms with Crippen LogP contribution in [0.5, 0.6) is 0 Å². The van der Waals surface area contributed by atoms with E-state index in [-0.39, 0.29) is 0 Å². The molecule has 0 spiro atoms. The van der Waals surface area contributed by atoms with Crippen LogP contribution in [0.4, 0.5) is 0 Å². The largest absolute Gasteiger partial charge is 0.330 e. The molecular formula is C16H15N3. The Morgan fingerprint density at radius 2 is 1.79 bits per heavy atom. The third-order valence-electron chi connectivity index (χ3n) is 3.19. The van der Waals surface area contributed by atoms with Gasteiger partial charge < -0.3 is 5.73 Å². The highest BCUT2D eigenvalue weighted by Crippen LogP contribution is 2.29. The minimum absolute atomic E-state index is 0.611. The lowest BCUT2D eigenvalue weighted by Gasteiger charge is -2.11. The molecule has 2 aromatic heterocycles. The molecule has 94 valence electrons. The second-order valence-corrected chi connectivity index (χ2v) is 4.43. The van der Waals surface area contributed by atoms with Crippen molar-refractivity contribution in [3.05, 3.63) is 60.4 Å². The van der Waals surface area contributed by atoms with E-state index in [4.69, 9.17) is 5.73 Å². The normalized spacial score (nSPS) is 10.8. The molecule has 0 aliphatic heterocycles. The van der Waals surface area contributed by atoms with Gasteiger partial charge >= 0.3 is 0 Å². The summed E-state index contributed by atoms with van der Waals surface area (Å²) in [5.74, 6) is 0. The minimum Gasteiger partial charge on any atom is -0.330 e. The van der Waals surface area contributed by atoms with Crippen LogP contribution >= 0.6 is 0 Å². The molecule has 0 radical (unpaired) electrons. The Morgan fingerprint density at radius 1 is 0.947 bits per heavy atom. The Balaban J connectivity index is 2.32. The summed E-state index contributed by atoms with van der Waals surface area (Å²) >= 11 is 0. The number of fused-ring (bicyclic) bond motifs is 1. The third kappa shape index (κ3) is 2.20. The fourth-order valence-electron chi connectivity index (χ4n) is 2.34. The smallest absolute Gasteiger partial charge is 0.0712 e. The first-order valence-electron chi connectivity index (χ1n) is 6.38. The number of nitrogens with zero attached hydrogens (tertiary/aromatic N) is 2. The minimum atomic E-state index is 0.611. The van der Waals surface area contributed by atoms with Crippen LogP contribution in [-0.4, -0.2) is 16.5 Å². The Morgan fingerprint density at radius 3 is 2.58 bits per heavy atom. The number of hydrogen-bond acceptors (Lipinski definition) is 3. The molecule has 0 saturated carbocycles. The number of hydrogen-bond donors (Lipinski definition) is 1. The predicted octanol–water partition coefficient (Wildman–Crippen LogP) is 2.80. The lowest BCUT2D eigenvalue weighted by atomic mass is 9.98. The second-order valence-electron chi connectivity index (χ2n) is 4.43. The molecule has 0 amide bonds. The van der Waals surface area contributed by atoms with E-state index in [0.29, 0.717) is 6.54 Å². The maximum Gasteiger partial charge on any atom is 0.0712 e. The summed E-state index contributed by atoms with van der Waals surface area (Å²) in [5.41, 5.74) is 9.97. The van der Waals surface area contributed by atoms with Crippen LogP contribution in [-0.2, 0) is 6.42 Å². The van der Waals surface area contributed by atoms with E-state index in [2.05, 4.69) is 16.0 Å². The molecule has 3 aromatic rings. The van der Waals surface area contributed by atoms with Gasteiger partial charge in [-0.15, -0.1) is 0 Å². The fourth-order valence-corrected chi connectivity index (χ4v) is 2.34. The summed E-state index contributed by atoms with van der Waals surface area (Å²) in [5, 5.41) is 1.13. The van der Waals surface area contributed by atoms with Crippen molar-refractivity contribution in [2.45, 2.75) is 6.42 Å². The molecule has 0 saturated heterocycles. The highest BCUT2D eigenvalue weighted by Gasteiger charge is 2.10. The van der Waals surface area contributed by atoms with E-state index in [1.807, 2.05) is 48.8 Å². The molecule has 2 N–H and O–H groups in total. The first kappa shape index (κ1) is 11.8. The topological polar surface area (TPSA) is 51.8 Å². The number of aromatic nitrogens is 2. The Bertz CT molecular complexity index is 693. The molecule has 0 bridgehead atoms. The quantitative estimate of drug-likeness (QED) is 0.776. The zero-order valence-electron chi connectivity index (χ0n) is 10.6. The summed E-state index contributed by atoms with van der Waals surface area (Å²) in [6.45, 7) is 0.611. The van der Waals surface area contributed by atoms with Crippen molar-refractivity contribution in [1.82, 2.24) is 9.97 Å². The lowest BCUT2D eigenvalue weighted by Crippen LogP contribution is -2.05. The molecule has 3 rings (SSSR count). The van der Waals surface area contributed by atoms with Crippen LogP contribution < -0.4 is 5.73 Å². The van der Waals surface area contributed by atoms with Gasteiger partial charge in [-0.05, 0) is 36.7 Å². The van der Waals surface area contributed by atoms with Gasteiger partial charge in [-0.3, -0.25) is 9.97 Å². The molecule has 3 heteroatoms. The van der Waals surface area contributed by atoms with Crippen LogP contribution in [0.15, 0.2) is 54.9 Å². The van der Waals surface area contributed by atoms with E-state index in [9.17, 15) is 0 Å². The zero-order chi connectivity index (χ0) is 13.1. The van der Waals surface area contributed by atoms with Gasteiger partial charge in [0, 0.05) is 23.3 Å². The molecule has 1 aromatic carbocycles. The molecule has 0 aliphatic rings. The number of nitrogens with two attached hydrogens (primary N) is 1. The second kappa shape index (κ2) is 5.16. The molecule has 0 atom stereocenters. The van der Waals surface area contributed by atoms with Crippen LogP contribution in [0.3, 0.4) is 0 Å². The molecule has 0 unspecified atom stereocenters. The molecular weight excluding hydrogens is 234 g/mol. The van der Waals surface area contributed by atoms with Gasteiger partial charge in [0.25, 0.3) is 0 Å². The van der Waals surface area contributed by atoms with E-state index < -0.39 is 0 Å². The molecule has 0 fully saturated rings. The fraction of sp³-hybridized carbons (Fsp3) is 0.125. The van der Waals surface area contributed by atoms with Gasteiger partial charge in [0.1, 0.15) is 0 Å². The van der Waals surface area contributed by atoms with Crippen LogP contribution in [0.25, 0.3) is 22.2 Å². The highest BCUT2D eigenvalue weighted by atomic mass is 14.7.